The first-order valence-corrected chi connectivity index (χ1v) is 7.25. The monoisotopic (exact) mass is 274 g/mol. The van der Waals surface area contributed by atoms with Crippen LogP contribution in [0.25, 0.3) is 0 Å². The van der Waals surface area contributed by atoms with Crippen molar-refractivity contribution in [3.05, 3.63) is 34.6 Å². The maximum atomic E-state index is 14.1. The Morgan fingerprint density at radius 2 is 2.25 bits per heavy atom. The molecule has 0 unspecified atom stereocenters. The van der Waals surface area contributed by atoms with Gasteiger partial charge in [0.05, 0.1) is 18.3 Å². The van der Waals surface area contributed by atoms with E-state index in [1.54, 1.807) is 13.0 Å². The normalized spacial score (nSPS) is 26.9. The van der Waals surface area contributed by atoms with E-state index in [1.807, 2.05) is 12.1 Å². The third kappa shape index (κ3) is 2.32. The van der Waals surface area contributed by atoms with E-state index in [4.69, 9.17) is 10.00 Å². The first-order valence-electron chi connectivity index (χ1n) is 7.25. The largest absolute Gasteiger partial charge is 0.371 e. The third-order valence-corrected chi connectivity index (χ3v) is 4.53. The van der Waals surface area contributed by atoms with Crippen molar-refractivity contribution in [1.82, 2.24) is 4.90 Å². The van der Waals surface area contributed by atoms with Gasteiger partial charge >= 0.3 is 0 Å². The number of piperidine rings is 1. The zero-order chi connectivity index (χ0) is 14.1. The summed E-state index contributed by atoms with van der Waals surface area (Å²) < 4.78 is 20.0. The van der Waals surface area contributed by atoms with Gasteiger partial charge in [-0.15, -0.1) is 0 Å². The lowest BCUT2D eigenvalue weighted by atomic mass is 9.95. The topological polar surface area (TPSA) is 36.3 Å². The van der Waals surface area contributed by atoms with Gasteiger partial charge < -0.3 is 4.74 Å². The van der Waals surface area contributed by atoms with E-state index in [9.17, 15) is 4.39 Å². The molecule has 2 aliphatic heterocycles. The van der Waals surface area contributed by atoms with Crippen LogP contribution in [0.5, 0.6) is 0 Å². The number of fused-ring (bicyclic) bond motifs is 1. The van der Waals surface area contributed by atoms with Crippen molar-refractivity contribution in [2.24, 2.45) is 0 Å². The van der Waals surface area contributed by atoms with Crippen molar-refractivity contribution >= 4 is 0 Å². The molecule has 0 aliphatic carbocycles. The number of benzene rings is 1. The Bertz CT molecular complexity index is 552. The fourth-order valence-corrected chi connectivity index (χ4v) is 3.31. The summed E-state index contributed by atoms with van der Waals surface area (Å²) in [5.41, 5.74) is 1.54. The third-order valence-electron chi connectivity index (χ3n) is 4.53. The number of halogens is 1. The zero-order valence-corrected chi connectivity index (χ0v) is 11.7. The van der Waals surface area contributed by atoms with Crippen LogP contribution < -0.4 is 0 Å². The van der Waals surface area contributed by atoms with E-state index in [-0.39, 0.29) is 11.7 Å². The summed E-state index contributed by atoms with van der Waals surface area (Å²) in [4.78, 5) is 2.47. The molecule has 2 saturated heterocycles. The van der Waals surface area contributed by atoms with E-state index in [0.717, 1.165) is 25.3 Å². The molecule has 0 spiro atoms. The molecule has 0 saturated carbocycles. The van der Waals surface area contributed by atoms with E-state index in [2.05, 4.69) is 4.90 Å². The van der Waals surface area contributed by atoms with Crippen LogP contribution in [0, 0.1) is 24.1 Å². The fourth-order valence-electron chi connectivity index (χ4n) is 3.31. The lowest BCUT2D eigenvalue weighted by Crippen LogP contribution is -2.49. The lowest BCUT2D eigenvalue weighted by Gasteiger charge is -2.42. The molecular formula is C16H19FN2O. The molecule has 0 radical (unpaired) electrons. The van der Waals surface area contributed by atoms with E-state index < -0.39 is 5.82 Å². The van der Waals surface area contributed by atoms with Gasteiger partial charge in [-0.3, -0.25) is 4.90 Å². The Kier molecular flexibility index (Phi) is 3.73. The second kappa shape index (κ2) is 5.51. The Morgan fingerprint density at radius 1 is 1.40 bits per heavy atom. The van der Waals surface area contributed by atoms with Crippen LogP contribution in [0.3, 0.4) is 0 Å². The maximum absolute atomic E-state index is 14.1. The molecule has 20 heavy (non-hydrogen) atoms. The molecule has 3 nitrogen and oxygen atoms in total. The number of ether oxygens (including phenoxy) is 1. The van der Waals surface area contributed by atoms with Crippen molar-refractivity contribution in [3.63, 3.8) is 0 Å². The number of morpholine rings is 1. The second-order valence-electron chi connectivity index (χ2n) is 5.72. The summed E-state index contributed by atoms with van der Waals surface area (Å²) in [7, 11) is 0. The van der Waals surface area contributed by atoms with Crippen molar-refractivity contribution in [1.29, 1.82) is 5.26 Å². The summed E-state index contributed by atoms with van der Waals surface area (Å²) in [5, 5.41) is 8.87. The fraction of sp³-hybridized carbons (Fsp3) is 0.562. The van der Waals surface area contributed by atoms with Gasteiger partial charge in [0, 0.05) is 12.6 Å². The highest BCUT2D eigenvalue weighted by Crippen LogP contribution is 2.32. The minimum atomic E-state index is -0.408. The van der Waals surface area contributed by atoms with Gasteiger partial charge in [0.25, 0.3) is 0 Å². The Hall–Kier alpha value is -1.44. The number of rotatable bonds is 1. The molecule has 0 bridgehead atoms. The molecule has 0 amide bonds. The SMILES string of the molecule is Cc1c([C@H]2CN3CCCC[C@H]3CO2)ccc(C#N)c1F. The maximum Gasteiger partial charge on any atom is 0.144 e. The summed E-state index contributed by atoms with van der Waals surface area (Å²) in [6.07, 6.45) is 3.64. The highest BCUT2D eigenvalue weighted by molar-refractivity contribution is 5.40. The number of hydrogen-bond acceptors (Lipinski definition) is 3. The van der Waals surface area contributed by atoms with Gasteiger partial charge in [0.2, 0.25) is 0 Å². The molecule has 2 heterocycles. The summed E-state index contributed by atoms with van der Waals surface area (Å²) in [5.74, 6) is -0.408. The van der Waals surface area contributed by atoms with Crippen molar-refractivity contribution in [2.75, 3.05) is 19.7 Å². The summed E-state index contributed by atoms with van der Waals surface area (Å²) in [6.45, 7) is 4.40. The van der Waals surface area contributed by atoms with Crippen LogP contribution >= 0.6 is 0 Å². The highest BCUT2D eigenvalue weighted by Gasteiger charge is 2.32. The molecule has 0 N–H and O–H groups in total. The Labute approximate surface area is 119 Å². The van der Waals surface area contributed by atoms with Crippen molar-refractivity contribution in [3.8, 4) is 6.07 Å². The zero-order valence-electron chi connectivity index (χ0n) is 11.7. The average Bonchev–Trinajstić information content (AvgIpc) is 2.49. The quantitative estimate of drug-likeness (QED) is 0.790. The van der Waals surface area contributed by atoms with E-state index >= 15 is 0 Å². The van der Waals surface area contributed by atoms with Gasteiger partial charge in [-0.05, 0) is 43.5 Å². The number of nitriles is 1. The van der Waals surface area contributed by atoms with Crippen LogP contribution in [-0.4, -0.2) is 30.6 Å². The molecule has 3 rings (SSSR count). The number of hydrogen-bond donors (Lipinski definition) is 0. The van der Waals surface area contributed by atoms with Crippen LogP contribution in [0.4, 0.5) is 4.39 Å². The molecule has 106 valence electrons. The first-order chi connectivity index (χ1) is 9.70. The van der Waals surface area contributed by atoms with Crippen molar-refractivity contribution in [2.45, 2.75) is 38.3 Å². The van der Waals surface area contributed by atoms with Gasteiger partial charge in [-0.1, -0.05) is 12.5 Å². The number of nitrogens with zero attached hydrogens (tertiary/aromatic N) is 2. The standard InChI is InChI=1S/C16H19FN2O/c1-11-14(6-5-12(8-18)16(11)17)15-9-19-7-3-2-4-13(19)10-20-15/h5-6,13,15H,2-4,7,9-10H2,1H3/t13-,15+/m0/s1. The van der Waals surface area contributed by atoms with E-state index in [1.165, 1.54) is 19.3 Å². The minimum Gasteiger partial charge on any atom is -0.371 e. The van der Waals surface area contributed by atoms with Crippen LogP contribution in [-0.2, 0) is 4.74 Å². The predicted octanol–water partition coefficient (Wildman–Crippen LogP) is 2.93. The Morgan fingerprint density at radius 3 is 3.05 bits per heavy atom. The van der Waals surface area contributed by atoms with Gasteiger partial charge in [-0.25, -0.2) is 4.39 Å². The minimum absolute atomic E-state index is 0.0772. The molecule has 1 aromatic rings. The predicted molar refractivity (Wildman–Crippen MR) is 73.8 cm³/mol. The Balaban J connectivity index is 1.83. The van der Waals surface area contributed by atoms with Crippen LogP contribution in [0.2, 0.25) is 0 Å². The molecular weight excluding hydrogens is 255 g/mol. The summed E-state index contributed by atoms with van der Waals surface area (Å²) in [6, 6.07) is 5.81. The van der Waals surface area contributed by atoms with Gasteiger partial charge in [-0.2, -0.15) is 5.26 Å². The molecule has 0 aromatic heterocycles. The van der Waals surface area contributed by atoms with Crippen molar-refractivity contribution < 1.29 is 9.13 Å². The van der Waals surface area contributed by atoms with Crippen LogP contribution in [0.15, 0.2) is 12.1 Å². The van der Waals surface area contributed by atoms with Gasteiger partial charge in [0.15, 0.2) is 0 Å². The average molecular weight is 274 g/mol. The lowest BCUT2D eigenvalue weighted by molar-refractivity contribution is -0.0769. The molecule has 2 atom stereocenters. The molecule has 2 aliphatic rings. The molecule has 1 aromatic carbocycles. The van der Waals surface area contributed by atoms with Crippen LogP contribution in [0.1, 0.15) is 42.1 Å². The second-order valence-corrected chi connectivity index (χ2v) is 5.72. The van der Waals surface area contributed by atoms with E-state index in [0.29, 0.717) is 11.6 Å². The smallest absolute Gasteiger partial charge is 0.144 e. The molecule has 2 fully saturated rings. The summed E-state index contributed by atoms with van der Waals surface area (Å²) >= 11 is 0. The first kappa shape index (κ1) is 13.5. The van der Waals surface area contributed by atoms with Gasteiger partial charge in [0.1, 0.15) is 11.9 Å². The highest BCUT2D eigenvalue weighted by atomic mass is 19.1. The molecule has 4 heteroatoms.